The number of para-hydroxylation sites is 2. The first kappa shape index (κ1) is 31.8. The summed E-state index contributed by atoms with van der Waals surface area (Å²) in [5, 5.41) is 8.93. The first-order valence-corrected chi connectivity index (χ1v) is 14.7. The van der Waals surface area contributed by atoms with Gasteiger partial charge < -0.3 is 16.0 Å². The van der Waals surface area contributed by atoms with E-state index in [9.17, 15) is 22.8 Å². The zero-order valence-corrected chi connectivity index (χ0v) is 24.7. The Morgan fingerprint density at radius 2 is 1.63 bits per heavy atom. The van der Waals surface area contributed by atoms with Crippen LogP contribution in [0.2, 0.25) is 0 Å². The maximum absolute atomic E-state index is 13.6. The number of benzene rings is 3. The standard InChI is InChI=1S/C34H39F3N4O2/c1-4-23(3)26-20-21-41(22-26)32(33(43)39-28-17-15-27(16-18-28)34(35,36)37)25-13-10-24(11-14-25)12-19-31(42)40-30-9-7-6-8-29(30)38-5-2/h6-19,23,26,32,38H,4-5,20-22H2,1-3H3,(H,39,43)(H,40,42)/b19-12+/t23?,26-,32?/m1/s1. The lowest BCUT2D eigenvalue weighted by Crippen LogP contribution is -2.36. The van der Waals surface area contributed by atoms with E-state index in [1.807, 2.05) is 55.5 Å². The smallest absolute Gasteiger partial charge is 0.384 e. The fourth-order valence-electron chi connectivity index (χ4n) is 5.40. The summed E-state index contributed by atoms with van der Waals surface area (Å²) in [6.07, 6.45) is 0.756. The van der Waals surface area contributed by atoms with Crippen molar-refractivity contribution in [1.29, 1.82) is 0 Å². The van der Waals surface area contributed by atoms with Crippen LogP contribution >= 0.6 is 0 Å². The van der Waals surface area contributed by atoms with Crippen LogP contribution in [0.25, 0.3) is 6.08 Å². The fourth-order valence-corrected chi connectivity index (χ4v) is 5.40. The van der Waals surface area contributed by atoms with Gasteiger partial charge in [-0.15, -0.1) is 0 Å². The number of amides is 2. The second-order valence-corrected chi connectivity index (χ2v) is 11.0. The Bertz CT molecular complexity index is 1400. The summed E-state index contributed by atoms with van der Waals surface area (Å²) < 4.78 is 39.1. The van der Waals surface area contributed by atoms with Gasteiger partial charge >= 0.3 is 6.18 Å². The molecule has 0 aromatic heterocycles. The molecule has 3 aromatic rings. The number of alkyl halides is 3. The van der Waals surface area contributed by atoms with E-state index in [1.54, 1.807) is 6.08 Å². The van der Waals surface area contributed by atoms with E-state index in [0.717, 1.165) is 61.4 Å². The molecule has 43 heavy (non-hydrogen) atoms. The van der Waals surface area contributed by atoms with Crippen LogP contribution in [0.15, 0.2) is 78.9 Å². The van der Waals surface area contributed by atoms with Gasteiger partial charge in [0.05, 0.1) is 16.9 Å². The largest absolute Gasteiger partial charge is 0.416 e. The average molecular weight is 593 g/mol. The van der Waals surface area contributed by atoms with Gasteiger partial charge in [0.2, 0.25) is 11.8 Å². The first-order valence-electron chi connectivity index (χ1n) is 14.7. The topological polar surface area (TPSA) is 73.5 Å². The summed E-state index contributed by atoms with van der Waals surface area (Å²) in [7, 11) is 0. The Hall–Kier alpha value is -4.11. The highest BCUT2D eigenvalue weighted by atomic mass is 19.4. The van der Waals surface area contributed by atoms with E-state index in [-0.39, 0.29) is 11.8 Å². The molecule has 0 radical (unpaired) electrons. The molecule has 1 aliphatic rings. The van der Waals surface area contributed by atoms with E-state index in [0.29, 0.717) is 23.2 Å². The van der Waals surface area contributed by atoms with E-state index in [2.05, 4.69) is 34.7 Å². The Labute approximate surface area is 251 Å². The molecule has 0 saturated carbocycles. The van der Waals surface area contributed by atoms with Crippen molar-refractivity contribution < 1.29 is 22.8 Å². The zero-order valence-electron chi connectivity index (χ0n) is 24.7. The van der Waals surface area contributed by atoms with Crippen LogP contribution in [0.3, 0.4) is 0 Å². The molecule has 1 fully saturated rings. The van der Waals surface area contributed by atoms with Crippen LogP contribution in [0.5, 0.6) is 0 Å². The summed E-state index contributed by atoms with van der Waals surface area (Å²) in [5.74, 6) is 0.416. The second kappa shape index (κ2) is 14.4. The highest BCUT2D eigenvalue weighted by molar-refractivity contribution is 6.03. The van der Waals surface area contributed by atoms with Crippen molar-refractivity contribution in [2.75, 3.05) is 35.6 Å². The third-order valence-corrected chi connectivity index (χ3v) is 8.03. The van der Waals surface area contributed by atoms with Crippen LogP contribution in [-0.4, -0.2) is 36.3 Å². The van der Waals surface area contributed by atoms with Crippen LogP contribution in [0.1, 0.15) is 56.3 Å². The predicted molar refractivity (Wildman–Crippen MR) is 167 cm³/mol. The zero-order chi connectivity index (χ0) is 31.0. The minimum absolute atomic E-state index is 0.267. The number of likely N-dealkylation sites (tertiary alicyclic amines) is 1. The molecule has 1 saturated heterocycles. The molecule has 228 valence electrons. The van der Waals surface area contributed by atoms with Gasteiger partial charge in [-0.2, -0.15) is 13.2 Å². The highest BCUT2D eigenvalue weighted by Crippen LogP contribution is 2.34. The average Bonchev–Trinajstić information content (AvgIpc) is 3.47. The van der Waals surface area contributed by atoms with Gasteiger partial charge in [0.15, 0.2) is 0 Å². The molecule has 0 spiro atoms. The number of hydrogen-bond acceptors (Lipinski definition) is 4. The van der Waals surface area contributed by atoms with Crippen molar-refractivity contribution in [3.8, 4) is 0 Å². The number of halogens is 3. The lowest BCUT2D eigenvalue weighted by Gasteiger charge is -2.28. The third kappa shape index (κ3) is 8.47. The number of carbonyl (C=O) groups is 2. The van der Waals surface area contributed by atoms with Gasteiger partial charge in [-0.3, -0.25) is 14.5 Å². The summed E-state index contributed by atoms with van der Waals surface area (Å²) in [4.78, 5) is 28.4. The van der Waals surface area contributed by atoms with Crippen molar-refractivity contribution in [1.82, 2.24) is 4.90 Å². The molecular formula is C34H39F3N4O2. The number of carbonyl (C=O) groups excluding carboxylic acids is 2. The van der Waals surface area contributed by atoms with Crippen molar-refractivity contribution in [2.24, 2.45) is 11.8 Å². The third-order valence-electron chi connectivity index (χ3n) is 8.03. The minimum Gasteiger partial charge on any atom is -0.384 e. The van der Waals surface area contributed by atoms with Gasteiger partial charge in [0.1, 0.15) is 6.04 Å². The Balaban J connectivity index is 1.50. The molecule has 3 atom stereocenters. The summed E-state index contributed by atoms with van der Waals surface area (Å²) in [6, 6.07) is 18.8. The van der Waals surface area contributed by atoms with Gasteiger partial charge in [0.25, 0.3) is 0 Å². The number of nitrogens with one attached hydrogen (secondary N) is 3. The van der Waals surface area contributed by atoms with Gasteiger partial charge in [-0.1, -0.05) is 56.7 Å². The van der Waals surface area contributed by atoms with E-state index < -0.39 is 17.8 Å². The molecule has 4 rings (SSSR count). The SMILES string of the molecule is CCNc1ccccc1NC(=O)/C=C/c1ccc(C(C(=O)Nc2ccc(C(F)(F)F)cc2)N2CC[C@@H](C(C)CC)C2)cc1. The second-order valence-electron chi connectivity index (χ2n) is 11.0. The maximum atomic E-state index is 13.6. The van der Waals surface area contributed by atoms with Crippen LogP contribution in [0.4, 0.5) is 30.2 Å². The van der Waals surface area contributed by atoms with Crippen LogP contribution < -0.4 is 16.0 Å². The molecule has 0 bridgehead atoms. The number of anilines is 3. The van der Waals surface area contributed by atoms with Crippen LogP contribution in [0, 0.1) is 11.8 Å². The summed E-state index contributed by atoms with van der Waals surface area (Å²) in [6.45, 7) is 8.61. The van der Waals surface area contributed by atoms with Crippen molar-refractivity contribution in [3.63, 3.8) is 0 Å². The highest BCUT2D eigenvalue weighted by Gasteiger charge is 2.35. The molecule has 3 aromatic carbocycles. The summed E-state index contributed by atoms with van der Waals surface area (Å²) in [5.41, 5.74) is 2.64. The van der Waals surface area contributed by atoms with Crippen LogP contribution in [-0.2, 0) is 15.8 Å². The molecule has 9 heteroatoms. The fraction of sp³-hybridized carbons (Fsp3) is 0.353. The lowest BCUT2D eigenvalue weighted by molar-refractivity contribution is -0.137. The molecule has 6 nitrogen and oxygen atoms in total. The van der Waals surface area contributed by atoms with Gasteiger partial charge in [-0.05, 0) is 85.3 Å². The Morgan fingerprint density at radius 3 is 2.26 bits per heavy atom. The summed E-state index contributed by atoms with van der Waals surface area (Å²) >= 11 is 0. The predicted octanol–water partition coefficient (Wildman–Crippen LogP) is 7.84. The van der Waals surface area contributed by atoms with Gasteiger partial charge in [-0.25, -0.2) is 0 Å². The van der Waals surface area contributed by atoms with Gasteiger partial charge in [0, 0.05) is 24.9 Å². The van der Waals surface area contributed by atoms with E-state index >= 15 is 0 Å². The number of nitrogens with zero attached hydrogens (tertiary/aromatic N) is 1. The molecule has 1 heterocycles. The molecule has 3 N–H and O–H groups in total. The van der Waals surface area contributed by atoms with E-state index in [1.165, 1.54) is 18.2 Å². The molecular weight excluding hydrogens is 553 g/mol. The molecule has 2 unspecified atom stereocenters. The number of rotatable bonds is 11. The molecule has 2 amide bonds. The maximum Gasteiger partial charge on any atom is 0.416 e. The Morgan fingerprint density at radius 1 is 0.953 bits per heavy atom. The normalized spacial score (nSPS) is 17.0. The lowest BCUT2D eigenvalue weighted by atomic mass is 9.91. The van der Waals surface area contributed by atoms with Crippen molar-refractivity contribution >= 4 is 35.0 Å². The molecule has 0 aliphatic carbocycles. The number of hydrogen-bond donors (Lipinski definition) is 3. The Kier molecular flexibility index (Phi) is 10.6. The quantitative estimate of drug-likeness (QED) is 0.198. The van der Waals surface area contributed by atoms with Crippen molar-refractivity contribution in [2.45, 2.75) is 45.8 Å². The monoisotopic (exact) mass is 592 g/mol. The van der Waals surface area contributed by atoms with Crippen molar-refractivity contribution in [3.05, 3.63) is 95.6 Å². The van der Waals surface area contributed by atoms with E-state index in [4.69, 9.17) is 0 Å². The minimum atomic E-state index is -4.45. The first-order chi connectivity index (χ1) is 20.6. The molecule has 1 aliphatic heterocycles.